The van der Waals surface area contributed by atoms with Gasteiger partial charge in [0.15, 0.2) is 0 Å². The van der Waals surface area contributed by atoms with E-state index < -0.39 is 10.2 Å². The Labute approximate surface area is 111 Å². The van der Waals surface area contributed by atoms with Crippen molar-refractivity contribution in [3.63, 3.8) is 0 Å². The first-order valence-corrected chi connectivity index (χ1v) is 6.58. The Morgan fingerprint density at radius 2 is 1.68 bits per heavy atom. The van der Waals surface area contributed by atoms with Gasteiger partial charge in [-0.05, 0) is 24.4 Å². The Hall–Kier alpha value is -1.70. The molecule has 0 saturated heterocycles. The molecule has 0 aliphatic carbocycles. The third-order valence-corrected chi connectivity index (χ3v) is 2.49. The van der Waals surface area contributed by atoms with Crippen LogP contribution < -0.4 is 19.3 Å². The van der Waals surface area contributed by atoms with Gasteiger partial charge in [-0.3, -0.25) is 0 Å². The van der Waals surface area contributed by atoms with E-state index in [-0.39, 0.29) is 0 Å². The van der Waals surface area contributed by atoms with Crippen LogP contribution >= 0.6 is 0 Å². The average Bonchev–Trinajstić information content (AvgIpc) is 2.26. The maximum Gasteiger partial charge on any atom is 0.103 e. The topological polar surface area (TPSA) is 114 Å². The summed E-state index contributed by atoms with van der Waals surface area (Å²) in [6.07, 6.45) is 0. The number of anilines is 1. The van der Waals surface area contributed by atoms with E-state index in [0.717, 1.165) is 17.2 Å². The molecule has 0 aromatic heterocycles. The smallest absolute Gasteiger partial charge is 0.103 e. The quantitative estimate of drug-likeness (QED) is 0.656. The first kappa shape index (κ1) is 13.7. The van der Waals surface area contributed by atoms with Gasteiger partial charge in [-0.2, -0.15) is 14.0 Å². The summed E-state index contributed by atoms with van der Waals surface area (Å²) in [5.74, 6) is 0.955. The highest BCUT2D eigenvalue weighted by atomic mass is 35.7. The molecule has 1 aliphatic heterocycles. The second-order valence-corrected chi connectivity index (χ2v) is 4.69. The van der Waals surface area contributed by atoms with Crippen LogP contribution in [0.25, 0.3) is 10.8 Å². The van der Waals surface area contributed by atoms with Crippen molar-refractivity contribution in [2.24, 2.45) is 4.99 Å². The third kappa shape index (κ3) is 3.63. The molecule has 0 amide bonds. The van der Waals surface area contributed by atoms with Gasteiger partial charge in [0.2, 0.25) is 0 Å². The summed E-state index contributed by atoms with van der Waals surface area (Å²) in [5.41, 5.74) is 2.22. The maximum absolute atomic E-state index is 8.60. The predicted molar refractivity (Wildman–Crippen MR) is 62.6 cm³/mol. The number of nitrogens with one attached hydrogen (secondary N) is 1. The maximum atomic E-state index is 8.60. The van der Waals surface area contributed by atoms with Crippen LogP contribution in [0.1, 0.15) is 6.92 Å². The first-order valence-electron chi connectivity index (χ1n) is 5.32. The van der Waals surface area contributed by atoms with Crippen molar-refractivity contribution in [2.45, 2.75) is 6.92 Å². The van der Waals surface area contributed by atoms with Gasteiger partial charge in [-0.25, -0.2) is 4.99 Å². The molecule has 2 aromatic rings. The lowest BCUT2D eigenvalue weighted by Crippen LogP contribution is -2.58. The van der Waals surface area contributed by atoms with Crippen molar-refractivity contribution >= 4 is 28.0 Å². The molecular weight excluding hydrogens is 272 g/mol. The van der Waals surface area contributed by atoms with Gasteiger partial charge >= 0.3 is 0 Å². The number of aliphatic imine (C=N–C) groups is 1. The van der Waals surface area contributed by atoms with Crippen molar-refractivity contribution < 1.29 is 28.9 Å². The summed E-state index contributed by atoms with van der Waals surface area (Å²) in [5, 5.41) is 5.74. The van der Waals surface area contributed by atoms with Gasteiger partial charge in [0.1, 0.15) is 5.84 Å². The second-order valence-electron chi connectivity index (χ2n) is 3.90. The molecule has 1 aliphatic rings. The summed E-state index contributed by atoms with van der Waals surface area (Å²) in [6.45, 7) is 1.98. The Kier molecular flexibility index (Phi) is 3.70. The fourth-order valence-corrected chi connectivity index (χ4v) is 1.92. The van der Waals surface area contributed by atoms with Crippen molar-refractivity contribution in [3.8, 4) is 0 Å². The fraction of sp³-hybridized carbons (Fsp3) is 0.0833. The summed E-state index contributed by atoms with van der Waals surface area (Å²) in [7, 11) is -4.69. The minimum atomic E-state index is -4.69. The number of benzene rings is 2. The largest absolute Gasteiger partial charge is 0.343 e. The van der Waals surface area contributed by atoms with E-state index in [2.05, 4.69) is 40.6 Å². The van der Waals surface area contributed by atoms with Gasteiger partial charge in [0.25, 0.3) is 0 Å². The molecule has 0 fully saturated rings. The molecular formula is C12H11ClN2O4. The molecule has 2 aromatic carbocycles. The Morgan fingerprint density at radius 3 is 2.32 bits per heavy atom. The molecule has 7 heteroatoms. The molecule has 2 N–H and O–H groups in total. The van der Waals surface area contributed by atoms with E-state index in [1.807, 2.05) is 13.0 Å². The molecule has 0 atom stereocenters. The van der Waals surface area contributed by atoms with E-state index in [0.29, 0.717) is 0 Å². The van der Waals surface area contributed by atoms with Gasteiger partial charge in [-0.1, -0.05) is 24.3 Å². The lowest BCUT2D eigenvalue weighted by molar-refractivity contribution is -1.92. The van der Waals surface area contributed by atoms with E-state index in [1.165, 1.54) is 10.8 Å². The van der Waals surface area contributed by atoms with Gasteiger partial charge in [-0.15, -0.1) is 0 Å². The predicted octanol–water partition coefficient (Wildman–Crippen LogP) is -0.809. The Balaban J connectivity index is 0.000000232. The number of hydrogen-bond donors (Lipinski definition) is 2. The summed E-state index contributed by atoms with van der Waals surface area (Å²) in [6, 6.07) is 12.5. The van der Waals surface area contributed by atoms with Crippen molar-refractivity contribution in [1.29, 1.82) is 0 Å². The zero-order chi connectivity index (χ0) is 14.0. The molecule has 19 heavy (non-hydrogen) atoms. The zero-order valence-electron chi connectivity index (χ0n) is 9.96. The molecule has 0 saturated carbocycles. The van der Waals surface area contributed by atoms with Gasteiger partial charge in [0, 0.05) is 11.1 Å². The number of amidine groups is 1. The van der Waals surface area contributed by atoms with E-state index >= 15 is 0 Å². The highest BCUT2D eigenvalue weighted by Gasteiger charge is 2.10. The van der Waals surface area contributed by atoms with Gasteiger partial charge < -0.3 is 5.32 Å². The number of halogens is 1. The Morgan fingerprint density at radius 1 is 1.11 bits per heavy atom. The van der Waals surface area contributed by atoms with Crippen LogP contribution in [0.15, 0.2) is 41.4 Å². The summed E-state index contributed by atoms with van der Waals surface area (Å²) < 4.78 is 32.7. The van der Waals surface area contributed by atoms with Crippen LogP contribution in [0.3, 0.4) is 0 Å². The van der Waals surface area contributed by atoms with Gasteiger partial charge in [0.05, 0.1) is 20.6 Å². The molecule has 0 unspecified atom stereocenters. The van der Waals surface area contributed by atoms with E-state index in [4.69, 9.17) is 18.6 Å². The van der Waals surface area contributed by atoms with Crippen LogP contribution in [-0.4, -0.2) is 10.5 Å². The highest BCUT2D eigenvalue weighted by molar-refractivity contribution is 6.12. The minimum Gasteiger partial charge on any atom is -0.343 e. The van der Waals surface area contributed by atoms with Crippen LogP contribution in [-0.2, 0) is 0 Å². The van der Waals surface area contributed by atoms with Crippen molar-refractivity contribution in [3.05, 3.63) is 36.4 Å². The standard InChI is InChI=1S/C12H10N2.ClHO4/c1-8-13-10-6-2-4-9-5-3-7-11(14-8)12(9)10;2-1(3,4)5/h2-7H,1H3,(H,13,14);(H,2,3,4,5). The lowest BCUT2D eigenvalue weighted by atomic mass is 10.1. The number of hydrogen-bond acceptors (Lipinski definition) is 6. The van der Waals surface area contributed by atoms with Crippen LogP contribution in [0, 0.1) is 10.2 Å². The minimum absolute atomic E-state index is 0.955. The SMILES string of the molecule is CC1=Nc2cccc3cccc(c23)N1.[O-][Cl+3]([O-])([O-])O. The number of nitrogens with zero attached hydrogens (tertiary/aromatic N) is 1. The van der Waals surface area contributed by atoms with E-state index in [9.17, 15) is 0 Å². The second kappa shape index (κ2) is 5.12. The van der Waals surface area contributed by atoms with Crippen LogP contribution in [0.5, 0.6) is 0 Å². The first-order chi connectivity index (χ1) is 8.84. The van der Waals surface area contributed by atoms with Crippen LogP contribution in [0.2, 0.25) is 0 Å². The van der Waals surface area contributed by atoms with Crippen molar-refractivity contribution in [2.75, 3.05) is 5.32 Å². The average molecular weight is 283 g/mol. The van der Waals surface area contributed by atoms with Crippen LogP contribution in [0.4, 0.5) is 11.4 Å². The summed E-state index contributed by atoms with van der Waals surface area (Å²) >= 11 is 0. The Bertz CT molecular complexity index is 626. The molecule has 6 nitrogen and oxygen atoms in total. The fourth-order valence-electron chi connectivity index (χ4n) is 1.92. The monoisotopic (exact) mass is 282 g/mol. The third-order valence-electron chi connectivity index (χ3n) is 2.49. The molecule has 0 radical (unpaired) electrons. The number of rotatable bonds is 0. The molecule has 0 spiro atoms. The van der Waals surface area contributed by atoms with Crippen molar-refractivity contribution in [1.82, 2.24) is 0 Å². The zero-order valence-corrected chi connectivity index (χ0v) is 10.7. The van der Waals surface area contributed by atoms with E-state index in [1.54, 1.807) is 0 Å². The highest BCUT2D eigenvalue weighted by Crippen LogP contribution is 2.35. The molecule has 0 bridgehead atoms. The lowest BCUT2D eigenvalue weighted by Gasteiger charge is -2.16. The molecule has 3 rings (SSSR count). The summed E-state index contributed by atoms with van der Waals surface area (Å²) in [4.78, 5) is 4.47. The molecule has 1 heterocycles. The normalized spacial score (nSPS) is 13.2. The molecule has 100 valence electrons.